The van der Waals surface area contributed by atoms with Crippen LogP contribution in [0.25, 0.3) is 0 Å². The number of amides is 3. The number of anilines is 1. The van der Waals surface area contributed by atoms with Crippen molar-refractivity contribution in [3.05, 3.63) is 119 Å². The number of ether oxygens (including phenoxy) is 2. The van der Waals surface area contributed by atoms with Crippen molar-refractivity contribution in [3.8, 4) is 0 Å². The van der Waals surface area contributed by atoms with Crippen LogP contribution in [0.1, 0.15) is 83.3 Å². The summed E-state index contributed by atoms with van der Waals surface area (Å²) < 4.78 is 13.9. The van der Waals surface area contributed by atoms with E-state index in [-0.39, 0.29) is 60.1 Å². The highest BCUT2D eigenvalue weighted by Crippen LogP contribution is 2.25. The summed E-state index contributed by atoms with van der Waals surface area (Å²) in [6.07, 6.45) is 7.07. The Morgan fingerprint density at radius 3 is 1.73 bits per heavy atom. The van der Waals surface area contributed by atoms with Gasteiger partial charge in [-0.05, 0) is 48.9 Å². The highest BCUT2D eigenvalue weighted by atomic mass is 16.5. The smallest absolute Gasteiger partial charge is 0.269 e. The van der Waals surface area contributed by atoms with E-state index in [0.29, 0.717) is 18.8 Å². The van der Waals surface area contributed by atoms with Crippen LogP contribution in [-0.4, -0.2) is 51.8 Å². The molecule has 3 aromatic carbocycles. The summed E-state index contributed by atoms with van der Waals surface area (Å²) in [7, 11) is 0. The van der Waals surface area contributed by atoms with E-state index >= 15 is 0 Å². The van der Waals surface area contributed by atoms with Crippen molar-refractivity contribution in [2.75, 3.05) is 5.32 Å². The highest BCUT2D eigenvalue weighted by Gasteiger charge is 2.31. The second kappa shape index (κ2) is 17.0. The van der Waals surface area contributed by atoms with Gasteiger partial charge in [0.15, 0.2) is 5.82 Å². The number of carbonyl (C=O) groups is 3. The zero-order valence-corrected chi connectivity index (χ0v) is 27.8. The molecule has 0 saturated heterocycles. The molecule has 6 rings (SSSR count). The van der Waals surface area contributed by atoms with Crippen LogP contribution >= 0.6 is 0 Å². The largest absolute Gasteiger partial charge is 0.371 e. The second-order valence-electron chi connectivity index (χ2n) is 12.9. The van der Waals surface area contributed by atoms with Gasteiger partial charge in [0.05, 0.1) is 37.5 Å². The van der Waals surface area contributed by atoms with E-state index in [4.69, 9.17) is 9.47 Å². The van der Waals surface area contributed by atoms with E-state index < -0.39 is 0 Å². The number of rotatable bonds is 13. The number of benzene rings is 3. The Morgan fingerprint density at radius 1 is 0.653 bits per heavy atom. The summed E-state index contributed by atoms with van der Waals surface area (Å²) in [4.78, 5) is 40.4. The first-order chi connectivity index (χ1) is 24.0. The van der Waals surface area contributed by atoms with E-state index in [1.807, 2.05) is 66.7 Å². The molecular weight excluding hydrogens is 618 g/mol. The van der Waals surface area contributed by atoms with Crippen molar-refractivity contribution in [3.63, 3.8) is 0 Å². The standard InChI is InChI=1S/C39H45N5O5/c45-37(40-31-20-10-12-22-34(31)48-26-28-14-4-1-5-15-28)25-44-33(24-36(43-44)42-38(46)30-18-8-3-9-19-30)39(47)41-32-21-11-13-23-35(32)49-27-29-16-6-2-7-17-29/h1-9,14-19,24,31-32,34-35H,10-13,20-23,25-27H2,(H,40,45)(H,41,47)(H,42,43,46)/t31-,32+,34-,35+/m1/s1. The fraction of sp³-hybridized carbons (Fsp3) is 0.385. The maximum atomic E-state index is 13.9. The van der Waals surface area contributed by atoms with Gasteiger partial charge < -0.3 is 25.4 Å². The van der Waals surface area contributed by atoms with Gasteiger partial charge in [-0.1, -0.05) is 105 Å². The SMILES string of the molecule is O=C(Cn1nc(NC(=O)c2ccccc2)cc1C(=O)N[C@H]1CCCC[C@@H]1OCc1ccccc1)N[C@@H]1CCCC[C@H]1OCc1ccccc1. The van der Waals surface area contributed by atoms with Crippen LogP contribution in [0.3, 0.4) is 0 Å². The summed E-state index contributed by atoms with van der Waals surface area (Å²) in [5.74, 6) is -0.819. The lowest BCUT2D eigenvalue weighted by molar-refractivity contribution is -0.124. The van der Waals surface area contributed by atoms with Crippen LogP contribution in [0, 0.1) is 0 Å². The van der Waals surface area contributed by atoms with Crippen LogP contribution in [0.2, 0.25) is 0 Å². The monoisotopic (exact) mass is 663 g/mol. The Morgan fingerprint density at radius 2 is 1.16 bits per heavy atom. The van der Waals surface area contributed by atoms with Gasteiger partial charge >= 0.3 is 0 Å². The van der Waals surface area contributed by atoms with Gasteiger partial charge in [-0.15, -0.1) is 0 Å². The second-order valence-corrected chi connectivity index (χ2v) is 12.9. The van der Waals surface area contributed by atoms with E-state index in [1.54, 1.807) is 24.3 Å². The third-order valence-electron chi connectivity index (χ3n) is 9.27. The molecule has 1 heterocycles. The van der Waals surface area contributed by atoms with Gasteiger partial charge in [0.25, 0.3) is 11.8 Å². The van der Waals surface area contributed by atoms with E-state index in [0.717, 1.165) is 62.5 Å². The van der Waals surface area contributed by atoms with E-state index in [2.05, 4.69) is 21.0 Å². The summed E-state index contributed by atoms with van der Waals surface area (Å²) >= 11 is 0. The number of aromatic nitrogens is 2. The van der Waals surface area contributed by atoms with Gasteiger partial charge in [0, 0.05) is 11.6 Å². The van der Waals surface area contributed by atoms with Crippen LogP contribution in [0.15, 0.2) is 97.1 Å². The Hall–Kier alpha value is -4.80. The molecule has 10 nitrogen and oxygen atoms in total. The molecule has 49 heavy (non-hydrogen) atoms. The van der Waals surface area contributed by atoms with Crippen molar-refractivity contribution in [2.24, 2.45) is 0 Å². The normalized spacial score (nSPS) is 20.7. The Balaban J connectivity index is 1.15. The molecule has 2 saturated carbocycles. The Kier molecular flexibility index (Phi) is 11.8. The van der Waals surface area contributed by atoms with Crippen molar-refractivity contribution >= 4 is 23.5 Å². The van der Waals surface area contributed by atoms with Gasteiger partial charge in [-0.2, -0.15) is 5.10 Å². The molecule has 0 unspecified atom stereocenters. The fourth-order valence-corrected chi connectivity index (χ4v) is 6.67. The molecule has 4 atom stereocenters. The van der Waals surface area contributed by atoms with Gasteiger partial charge in [-0.25, -0.2) is 4.68 Å². The van der Waals surface area contributed by atoms with Crippen LogP contribution in [-0.2, 0) is 34.0 Å². The predicted molar refractivity (Wildman–Crippen MR) is 187 cm³/mol. The summed E-state index contributed by atoms with van der Waals surface area (Å²) in [5, 5.41) is 13.6. The van der Waals surface area contributed by atoms with Crippen LogP contribution in [0.4, 0.5) is 5.82 Å². The quantitative estimate of drug-likeness (QED) is 0.160. The van der Waals surface area contributed by atoms with Crippen molar-refractivity contribution in [2.45, 2.75) is 95.4 Å². The average Bonchev–Trinajstić information content (AvgIpc) is 3.53. The first-order valence-corrected chi connectivity index (χ1v) is 17.4. The van der Waals surface area contributed by atoms with Gasteiger partial charge in [0.2, 0.25) is 5.91 Å². The number of hydrogen-bond acceptors (Lipinski definition) is 6. The number of hydrogen-bond donors (Lipinski definition) is 3. The minimum absolute atomic E-state index is 0.113. The number of carbonyl (C=O) groups excluding carboxylic acids is 3. The molecule has 0 spiro atoms. The predicted octanol–water partition coefficient (Wildman–Crippen LogP) is 6.04. The molecule has 2 fully saturated rings. The maximum absolute atomic E-state index is 13.9. The molecule has 0 aliphatic heterocycles. The molecule has 256 valence electrons. The summed E-state index contributed by atoms with van der Waals surface area (Å²) in [6.45, 7) is 0.746. The van der Waals surface area contributed by atoms with E-state index in [9.17, 15) is 14.4 Å². The van der Waals surface area contributed by atoms with Gasteiger partial charge in [-0.3, -0.25) is 14.4 Å². The summed E-state index contributed by atoms with van der Waals surface area (Å²) in [6, 6.07) is 29.9. The zero-order valence-electron chi connectivity index (χ0n) is 27.8. The molecule has 10 heteroatoms. The lowest BCUT2D eigenvalue weighted by atomic mass is 9.92. The van der Waals surface area contributed by atoms with Gasteiger partial charge in [0.1, 0.15) is 12.2 Å². The molecule has 3 N–H and O–H groups in total. The first-order valence-electron chi connectivity index (χ1n) is 17.4. The number of nitrogens with one attached hydrogen (secondary N) is 3. The molecular formula is C39H45N5O5. The summed E-state index contributed by atoms with van der Waals surface area (Å²) in [5.41, 5.74) is 2.81. The third-order valence-corrected chi connectivity index (χ3v) is 9.27. The van der Waals surface area contributed by atoms with E-state index in [1.165, 1.54) is 10.7 Å². The number of nitrogens with zero attached hydrogens (tertiary/aromatic N) is 2. The van der Waals surface area contributed by atoms with Crippen LogP contribution < -0.4 is 16.0 Å². The molecule has 2 aliphatic rings. The van der Waals surface area contributed by atoms with Crippen molar-refractivity contribution in [1.29, 1.82) is 0 Å². The molecule has 0 bridgehead atoms. The average molecular weight is 664 g/mol. The molecule has 1 aromatic heterocycles. The lowest BCUT2D eigenvalue weighted by Crippen LogP contribution is -2.48. The molecule has 3 amide bonds. The highest BCUT2D eigenvalue weighted by molar-refractivity contribution is 6.04. The Labute approximate surface area is 287 Å². The first kappa shape index (κ1) is 34.1. The molecule has 2 aliphatic carbocycles. The topological polar surface area (TPSA) is 124 Å². The lowest BCUT2D eigenvalue weighted by Gasteiger charge is -2.32. The minimum atomic E-state index is -0.373. The zero-order chi connectivity index (χ0) is 33.8. The molecule has 0 radical (unpaired) electrons. The molecule has 4 aromatic rings. The minimum Gasteiger partial charge on any atom is -0.371 e. The third kappa shape index (κ3) is 9.64. The van der Waals surface area contributed by atoms with Crippen LogP contribution in [0.5, 0.6) is 0 Å². The Bertz CT molecular complexity index is 1660. The van der Waals surface area contributed by atoms with Crippen molar-refractivity contribution < 1.29 is 23.9 Å². The fourth-order valence-electron chi connectivity index (χ4n) is 6.67. The van der Waals surface area contributed by atoms with Crippen molar-refractivity contribution in [1.82, 2.24) is 20.4 Å². The maximum Gasteiger partial charge on any atom is 0.269 e.